The van der Waals surface area contributed by atoms with Crippen molar-refractivity contribution in [2.75, 3.05) is 27.4 Å². The zero-order valence-electron chi connectivity index (χ0n) is 17.3. The number of hydrogen-bond donors (Lipinski definition) is 0. The highest BCUT2D eigenvalue weighted by molar-refractivity contribution is 6.13. The van der Waals surface area contributed by atoms with Crippen molar-refractivity contribution >= 4 is 5.71 Å². The molecule has 0 saturated carbocycles. The summed E-state index contributed by atoms with van der Waals surface area (Å²) in [4.78, 5) is 5.20. The van der Waals surface area contributed by atoms with E-state index in [2.05, 4.69) is 35.9 Å². The first-order valence-corrected chi connectivity index (χ1v) is 10.1. The van der Waals surface area contributed by atoms with Gasteiger partial charge in [-0.15, -0.1) is 0 Å². The van der Waals surface area contributed by atoms with Crippen LogP contribution in [0.2, 0.25) is 0 Å². The molecule has 30 heavy (non-hydrogen) atoms. The number of ether oxygens (including phenoxy) is 4. The van der Waals surface area contributed by atoms with Gasteiger partial charge in [-0.25, -0.2) is 0 Å². The monoisotopic (exact) mass is 404 g/mol. The van der Waals surface area contributed by atoms with Gasteiger partial charge in [-0.2, -0.15) is 0 Å². The fourth-order valence-electron chi connectivity index (χ4n) is 4.16. The van der Waals surface area contributed by atoms with Crippen molar-refractivity contribution in [2.45, 2.75) is 19.4 Å². The lowest BCUT2D eigenvalue weighted by atomic mass is 10.0. The van der Waals surface area contributed by atoms with Gasteiger partial charge in [0, 0.05) is 23.4 Å². The Hall–Kier alpha value is -3.41. The van der Waals surface area contributed by atoms with Crippen molar-refractivity contribution < 1.29 is 18.9 Å². The zero-order valence-corrected chi connectivity index (χ0v) is 17.3. The lowest BCUT2D eigenvalue weighted by Crippen LogP contribution is -2.16. The summed E-state index contributed by atoms with van der Waals surface area (Å²) < 4.78 is 24.8. The molecule has 0 spiro atoms. The van der Waals surface area contributed by atoms with Crippen LogP contribution in [-0.4, -0.2) is 37.7 Å². The smallest absolute Gasteiger partial charge is 0.163 e. The van der Waals surface area contributed by atoms with Crippen molar-refractivity contribution in [3.05, 3.63) is 65.5 Å². The number of aliphatic imine (C=N–C) groups is 1. The van der Waals surface area contributed by atoms with Gasteiger partial charge < -0.3 is 23.5 Å². The van der Waals surface area contributed by atoms with E-state index >= 15 is 0 Å². The van der Waals surface area contributed by atoms with Crippen LogP contribution < -0.4 is 18.9 Å². The molecule has 1 aromatic heterocycles. The second-order valence-electron chi connectivity index (χ2n) is 7.29. The van der Waals surface area contributed by atoms with E-state index in [1.165, 1.54) is 0 Å². The molecule has 6 nitrogen and oxygen atoms in total. The van der Waals surface area contributed by atoms with E-state index in [4.69, 9.17) is 23.9 Å². The van der Waals surface area contributed by atoms with Crippen molar-refractivity contribution in [3.8, 4) is 28.7 Å². The summed E-state index contributed by atoms with van der Waals surface area (Å²) in [5.74, 6) is 2.95. The molecule has 0 unspecified atom stereocenters. The summed E-state index contributed by atoms with van der Waals surface area (Å²) in [5, 5.41) is 0. The Morgan fingerprint density at radius 1 is 1.00 bits per heavy atom. The van der Waals surface area contributed by atoms with Crippen molar-refractivity contribution in [3.63, 3.8) is 0 Å². The lowest BCUT2D eigenvalue weighted by molar-refractivity contribution is 0.171. The van der Waals surface area contributed by atoms with Crippen LogP contribution in [0.25, 0.3) is 5.69 Å². The van der Waals surface area contributed by atoms with Crippen LogP contribution >= 0.6 is 0 Å². The molecule has 1 atom stereocenters. The molecule has 0 radical (unpaired) electrons. The second-order valence-corrected chi connectivity index (χ2v) is 7.29. The molecule has 6 heteroatoms. The van der Waals surface area contributed by atoms with Crippen LogP contribution in [0.5, 0.6) is 23.0 Å². The van der Waals surface area contributed by atoms with Gasteiger partial charge in [-0.05, 0) is 42.8 Å². The molecule has 0 saturated heterocycles. The summed E-state index contributed by atoms with van der Waals surface area (Å²) in [6.45, 7) is 3.29. The third-order valence-electron chi connectivity index (χ3n) is 5.63. The van der Waals surface area contributed by atoms with E-state index in [9.17, 15) is 0 Å². The maximum atomic E-state index is 5.85. The molecule has 3 heterocycles. The fraction of sp³-hybridized carbons (Fsp3) is 0.292. The first-order chi connectivity index (χ1) is 14.7. The number of methoxy groups -OCH3 is 2. The maximum absolute atomic E-state index is 5.85. The second kappa shape index (κ2) is 7.44. The van der Waals surface area contributed by atoms with Crippen molar-refractivity contribution in [1.29, 1.82) is 0 Å². The Morgan fingerprint density at radius 3 is 2.50 bits per heavy atom. The minimum absolute atomic E-state index is 0.00109. The third kappa shape index (κ3) is 2.91. The van der Waals surface area contributed by atoms with E-state index in [-0.39, 0.29) is 6.04 Å². The molecular weight excluding hydrogens is 380 g/mol. The van der Waals surface area contributed by atoms with Gasteiger partial charge in [0.25, 0.3) is 0 Å². The van der Waals surface area contributed by atoms with Crippen molar-refractivity contribution in [2.24, 2.45) is 4.99 Å². The largest absolute Gasteiger partial charge is 0.493 e. The highest BCUT2D eigenvalue weighted by Gasteiger charge is 2.27. The van der Waals surface area contributed by atoms with Crippen LogP contribution in [-0.2, 0) is 0 Å². The van der Waals surface area contributed by atoms with Gasteiger partial charge in [0.2, 0.25) is 0 Å². The van der Waals surface area contributed by atoms with Gasteiger partial charge in [-0.1, -0.05) is 6.92 Å². The topological polar surface area (TPSA) is 54.2 Å². The number of nitrogens with zero attached hydrogens (tertiary/aromatic N) is 2. The average molecular weight is 404 g/mol. The maximum Gasteiger partial charge on any atom is 0.163 e. The molecule has 2 aliphatic rings. The first kappa shape index (κ1) is 18.6. The Labute approximate surface area is 175 Å². The minimum atomic E-state index is -0.00109. The molecule has 5 rings (SSSR count). The molecule has 2 aliphatic heterocycles. The summed E-state index contributed by atoms with van der Waals surface area (Å²) in [6, 6.07) is 14.2. The molecule has 154 valence electrons. The van der Waals surface area contributed by atoms with E-state index in [1.807, 2.05) is 24.3 Å². The summed E-state index contributed by atoms with van der Waals surface area (Å²) >= 11 is 0. The standard InChI is InChI=1S/C24H24N2O4/c1-4-17-16-13-22-23(30-11-10-29-22)14-19(16)26-9-5-6-18(26)24(25-17)15-7-8-20(27-2)21(12-15)28-3/h5-9,12-14,17H,4,10-11H2,1-3H3/t17-/m0/s1. The van der Waals surface area contributed by atoms with Crippen LogP contribution in [0, 0.1) is 0 Å². The number of fused-ring (bicyclic) bond motifs is 4. The predicted molar refractivity (Wildman–Crippen MR) is 115 cm³/mol. The number of hydrogen-bond acceptors (Lipinski definition) is 5. The van der Waals surface area contributed by atoms with Gasteiger partial charge in [0.05, 0.1) is 37.4 Å². The Bertz CT molecular complexity index is 1130. The minimum Gasteiger partial charge on any atom is -0.493 e. The van der Waals surface area contributed by atoms with Crippen LogP contribution in [0.3, 0.4) is 0 Å². The number of benzene rings is 2. The summed E-state index contributed by atoms with van der Waals surface area (Å²) in [6.07, 6.45) is 2.94. The van der Waals surface area contributed by atoms with E-state index < -0.39 is 0 Å². The summed E-state index contributed by atoms with van der Waals surface area (Å²) in [5.41, 5.74) is 5.14. The van der Waals surface area contributed by atoms with E-state index in [1.54, 1.807) is 14.2 Å². The van der Waals surface area contributed by atoms with Gasteiger partial charge in [0.15, 0.2) is 23.0 Å². The Morgan fingerprint density at radius 2 is 1.77 bits per heavy atom. The molecule has 0 aliphatic carbocycles. The molecule has 2 aromatic carbocycles. The van der Waals surface area contributed by atoms with E-state index in [0.717, 1.165) is 46.1 Å². The van der Waals surface area contributed by atoms with E-state index in [0.29, 0.717) is 24.7 Å². The molecule has 0 amide bonds. The summed E-state index contributed by atoms with van der Waals surface area (Å²) in [7, 11) is 3.29. The van der Waals surface area contributed by atoms with Crippen LogP contribution in [0.15, 0.2) is 53.7 Å². The SMILES string of the molecule is CC[C@@H]1N=C(c2ccc(OC)c(OC)c2)c2cccn2-c2cc3c(cc21)OCCO3. The lowest BCUT2D eigenvalue weighted by Gasteiger charge is -2.22. The van der Waals surface area contributed by atoms with Gasteiger partial charge in [0.1, 0.15) is 13.2 Å². The molecular formula is C24H24N2O4. The molecule has 0 fully saturated rings. The normalized spacial score (nSPS) is 16.8. The third-order valence-corrected chi connectivity index (χ3v) is 5.63. The Balaban J connectivity index is 1.71. The Kier molecular flexibility index (Phi) is 4.62. The highest BCUT2D eigenvalue weighted by atomic mass is 16.6. The number of aromatic nitrogens is 1. The zero-order chi connectivity index (χ0) is 20.7. The fourth-order valence-corrected chi connectivity index (χ4v) is 4.16. The van der Waals surface area contributed by atoms with Crippen LogP contribution in [0.1, 0.15) is 36.2 Å². The molecule has 0 bridgehead atoms. The van der Waals surface area contributed by atoms with Crippen molar-refractivity contribution in [1.82, 2.24) is 4.57 Å². The van der Waals surface area contributed by atoms with Gasteiger partial charge in [-0.3, -0.25) is 4.99 Å². The molecule has 0 N–H and O–H groups in total. The average Bonchev–Trinajstić information content (AvgIpc) is 3.23. The quantitative estimate of drug-likeness (QED) is 0.639. The van der Waals surface area contributed by atoms with Gasteiger partial charge >= 0.3 is 0 Å². The number of rotatable bonds is 4. The highest BCUT2D eigenvalue weighted by Crippen LogP contribution is 2.42. The predicted octanol–water partition coefficient (Wildman–Crippen LogP) is 4.57. The first-order valence-electron chi connectivity index (χ1n) is 10.1. The molecule has 3 aromatic rings. The van der Waals surface area contributed by atoms with Crippen LogP contribution in [0.4, 0.5) is 0 Å².